The standard InChI is InChI=1S/C26H27FO/c1-5-6-21-13-16-23(17-24(21)27)20-9-7-18(8-10-20)19-11-14-22(15-12-19)25(28)26(2,3)4/h7-17H,5-6H2,1-4H3. The van der Waals surface area contributed by atoms with Crippen LogP contribution in [-0.2, 0) is 6.42 Å². The molecule has 0 aliphatic rings. The van der Waals surface area contributed by atoms with Gasteiger partial charge in [0.05, 0.1) is 0 Å². The number of hydrogen-bond donors (Lipinski definition) is 0. The van der Waals surface area contributed by atoms with Gasteiger partial charge in [-0.1, -0.05) is 94.8 Å². The topological polar surface area (TPSA) is 17.1 Å². The molecule has 3 aromatic rings. The van der Waals surface area contributed by atoms with Gasteiger partial charge in [-0.25, -0.2) is 4.39 Å². The molecule has 1 nitrogen and oxygen atoms in total. The lowest BCUT2D eigenvalue weighted by Gasteiger charge is -2.16. The summed E-state index contributed by atoms with van der Waals surface area (Å²) in [7, 11) is 0. The van der Waals surface area contributed by atoms with Crippen LogP contribution in [0, 0.1) is 11.2 Å². The summed E-state index contributed by atoms with van der Waals surface area (Å²) in [5, 5.41) is 0. The smallest absolute Gasteiger partial charge is 0.168 e. The molecule has 0 spiro atoms. The largest absolute Gasteiger partial charge is 0.294 e. The van der Waals surface area contributed by atoms with Crippen LogP contribution in [0.1, 0.15) is 50.0 Å². The summed E-state index contributed by atoms with van der Waals surface area (Å²) >= 11 is 0. The predicted molar refractivity (Wildman–Crippen MR) is 115 cm³/mol. The number of carbonyl (C=O) groups excluding carboxylic acids is 1. The number of ketones is 1. The summed E-state index contributed by atoms with van der Waals surface area (Å²) in [4.78, 5) is 12.4. The Morgan fingerprint density at radius 1 is 0.786 bits per heavy atom. The number of hydrogen-bond acceptors (Lipinski definition) is 1. The Bertz CT molecular complexity index is 961. The molecule has 0 atom stereocenters. The molecule has 0 N–H and O–H groups in total. The number of aryl methyl sites for hydroxylation is 1. The molecule has 0 aliphatic heterocycles. The second-order valence-electron chi connectivity index (χ2n) is 8.29. The molecule has 3 rings (SSSR count). The van der Waals surface area contributed by atoms with Gasteiger partial charge in [-0.15, -0.1) is 0 Å². The van der Waals surface area contributed by atoms with Crippen molar-refractivity contribution >= 4 is 5.78 Å². The van der Waals surface area contributed by atoms with E-state index >= 15 is 0 Å². The van der Waals surface area contributed by atoms with Crippen molar-refractivity contribution in [3.05, 3.63) is 83.7 Å². The van der Waals surface area contributed by atoms with Crippen molar-refractivity contribution < 1.29 is 9.18 Å². The number of carbonyl (C=O) groups is 1. The van der Waals surface area contributed by atoms with Gasteiger partial charge in [0.25, 0.3) is 0 Å². The van der Waals surface area contributed by atoms with Crippen LogP contribution in [0.5, 0.6) is 0 Å². The van der Waals surface area contributed by atoms with Crippen LogP contribution in [-0.4, -0.2) is 5.78 Å². The molecule has 28 heavy (non-hydrogen) atoms. The molecule has 0 saturated heterocycles. The number of halogens is 1. The summed E-state index contributed by atoms with van der Waals surface area (Å²) in [5.74, 6) is 0.00507. The van der Waals surface area contributed by atoms with E-state index in [9.17, 15) is 9.18 Å². The zero-order valence-electron chi connectivity index (χ0n) is 17.1. The van der Waals surface area contributed by atoms with Crippen LogP contribution < -0.4 is 0 Å². The van der Waals surface area contributed by atoms with E-state index in [4.69, 9.17) is 0 Å². The molecular formula is C26H27FO. The van der Waals surface area contributed by atoms with Gasteiger partial charge in [0.1, 0.15) is 5.82 Å². The van der Waals surface area contributed by atoms with Crippen molar-refractivity contribution in [3.63, 3.8) is 0 Å². The average Bonchev–Trinajstić information content (AvgIpc) is 2.69. The highest BCUT2D eigenvalue weighted by atomic mass is 19.1. The fourth-order valence-electron chi connectivity index (χ4n) is 3.30. The van der Waals surface area contributed by atoms with Crippen molar-refractivity contribution in [3.8, 4) is 22.3 Å². The molecule has 0 fully saturated rings. The van der Waals surface area contributed by atoms with Crippen LogP contribution in [0.25, 0.3) is 22.3 Å². The predicted octanol–water partition coefficient (Wildman–Crippen LogP) is 7.34. The molecule has 0 amide bonds. The van der Waals surface area contributed by atoms with Gasteiger partial charge < -0.3 is 0 Å². The second-order valence-corrected chi connectivity index (χ2v) is 8.29. The lowest BCUT2D eigenvalue weighted by Crippen LogP contribution is -2.19. The fourth-order valence-corrected chi connectivity index (χ4v) is 3.30. The molecule has 0 unspecified atom stereocenters. The third kappa shape index (κ3) is 4.39. The lowest BCUT2D eigenvalue weighted by molar-refractivity contribution is 0.0858. The second kappa shape index (κ2) is 8.10. The molecule has 0 aromatic heterocycles. The van der Waals surface area contributed by atoms with E-state index in [2.05, 4.69) is 6.92 Å². The van der Waals surface area contributed by atoms with Crippen molar-refractivity contribution in [2.75, 3.05) is 0 Å². The third-order valence-corrected chi connectivity index (χ3v) is 4.95. The van der Waals surface area contributed by atoms with Crippen molar-refractivity contribution in [1.82, 2.24) is 0 Å². The van der Waals surface area contributed by atoms with E-state index in [1.54, 1.807) is 6.07 Å². The summed E-state index contributed by atoms with van der Waals surface area (Å²) in [6.45, 7) is 7.84. The minimum atomic E-state index is -0.384. The van der Waals surface area contributed by atoms with Crippen molar-refractivity contribution in [2.45, 2.75) is 40.5 Å². The van der Waals surface area contributed by atoms with E-state index in [-0.39, 0.29) is 17.0 Å². The van der Waals surface area contributed by atoms with E-state index in [0.29, 0.717) is 0 Å². The van der Waals surface area contributed by atoms with Gasteiger partial charge in [-0.3, -0.25) is 4.79 Å². The molecular weight excluding hydrogens is 347 g/mol. The molecule has 0 bridgehead atoms. The fraction of sp³-hybridized carbons (Fsp3) is 0.269. The van der Waals surface area contributed by atoms with Crippen LogP contribution in [0.15, 0.2) is 66.7 Å². The van der Waals surface area contributed by atoms with Crippen molar-refractivity contribution in [1.29, 1.82) is 0 Å². The Kier molecular flexibility index (Phi) is 5.79. The first-order chi connectivity index (χ1) is 13.3. The lowest BCUT2D eigenvalue weighted by atomic mass is 9.86. The molecule has 0 aliphatic carbocycles. The number of Topliss-reactive ketones (excluding diaryl/α,β-unsaturated/α-hetero) is 1. The first-order valence-corrected chi connectivity index (χ1v) is 9.83. The Balaban J connectivity index is 1.81. The monoisotopic (exact) mass is 374 g/mol. The zero-order chi connectivity index (χ0) is 20.3. The van der Waals surface area contributed by atoms with E-state index in [1.807, 2.05) is 81.4 Å². The summed E-state index contributed by atoms with van der Waals surface area (Å²) < 4.78 is 14.2. The Hall–Kier alpha value is -2.74. The Morgan fingerprint density at radius 3 is 1.71 bits per heavy atom. The molecule has 0 radical (unpaired) electrons. The normalized spacial score (nSPS) is 11.5. The third-order valence-electron chi connectivity index (χ3n) is 4.95. The highest BCUT2D eigenvalue weighted by Crippen LogP contribution is 2.28. The van der Waals surface area contributed by atoms with Crippen LogP contribution in [0.2, 0.25) is 0 Å². The highest BCUT2D eigenvalue weighted by Gasteiger charge is 2.22. The maximum atomic E-state index is 14.2. The summed E-state index contributed by atoms with van der Waals surface area (Å²) in [5.41, 5.74) is 5.12. The van der Waals surface area contributed by atoms with Crippen molar-refractivity contribution in [2.24, 2.45) is 5.41 Å². The quantitative estimate of drug-likeness (QED) is 0.427. The summed E-state index contributed by atoms with van der Waals surface area (Å²) in [6.07, 6.45) is 1.70. The number of benzene rings is 3. The SMILES string of the molecule is CCCc1ccc(-c2ccc(-c3ccc(C(=O)C(C)(C)C)cc3)cc2)cc1F. The van der Waals surface area contributed by atoms with Gasteiger partial charge >= 0.3 is 0 Å². The van der Waals surface area contributed by atoms with Gasteiger partial charge in [0, 0.05) is 11.0 Å². The van der Waals surface area contributed by atoms with Gasteiger partial charge in [0.15, 0.2) is 5.78 Å². The molecule has 2 heteroatoms. The Labute approximate surface area is 167 Å². The average molecular weight is 374 g/mol. The van der Waals surface area contributed by atoms with Crippen LogP contribution >= 0.6 is 0 Å². The van der Waals surface area contributed by atoms with E-state index < -0.39 is 0 Å². The first kappa shape index (κ1) is 20.0. The Morgan fingerprint density at radius 2 is 1.25 bits per heavy atom. The summed E-state index contributed by atoms with van der Waals surface area (Å²) in [6, 6.07) is 21.3. The molecule has 0 saturated carbocycles. The van der Waals surface area contributed by atoms with Gasteiger partial charge in [-0.05, 0) is 40.3 Å². The minimum Gasteiger partial charge on any atom is -0.294 e. The van der Waals surface area contributed by atoms with E-state index in [1.165, 1.54) is 0 Å². The van der Waals surface area contributed by atoms with E-state index in [0.717, 1.165) is 46.2 Å². The van der Waals surface area contributed by atoms with Gasteiger partial charge in [0.2, 0.25) is 0 Å². The minimum absolute atomic E-state index is 0.137. The number of rotatable bonds is 5. The maximum Gasteiger partial charge on any atom is 0.168 e. The molecule has 0 heterocycles. The van der Waals surface area contributed by atoms with Crippen LogP contribution in [0.3, 0.4) is 0 Å². The highest BCUT2D eigenvalue weighted by molar-refractivity contribution is 6.00. The van der Waals surface area contributed by atoms with Crippen LogP contribution in [0.4, 0.5) is 4.39 Å². The molecule has 3 aromatic carbocycles. The first-order valence-electron chi connectivity index (χ1n) is 9.83. The maximum absolute atomic E-state index is 14.2. The zero-order valence-corrected chi connectivity index (χ0v) is 17.1. The van der Waals surface area contributed by atoms with Gasteiger partial charge in [-0.2, -0.15) is 0 Å². The molecule has 144 valence electrons.